The highest BCUT2D eigenvalue weighted by Crippen LogP contribution is 2.32. The molecule has 116 valence electrons. The van der Waals surface area contributed by atoms with Crippen LogP contribution in [-0.4, -0.2) is 37.9 Å². The highest BCUT2D eigenvalue weighted by Gasteiger charge is 2.28. The fourth-order valence-electron chi connectivity index (χ4n) is 2.18. The Kier molecular flexibility index (Phi) is 4.63. The van der Waals surface area contributed by atoms with Gasteiger partial charge in [-0.3, -0.25) is 4.79 Å². The maximum atomic E-state index is 12.0. The summed E-state index contributed by atoms with van der Waals surface area (Å²) in [5.74, 6) is 0.939. The van der Waals surface area contributed by atoms with Crippen molar-refractivity contribution in [3.05, 3.63) is 29.3 Å². The van der Waals surface area contributed by atoms with Gasteiger partial charge in [-0.1, -0.05) is 29.4 Å². The molecule has 1 aliphatic carbocycles. The molecule has 1 atom stereocenters. The summed E-state index contributed by atoms with van der Waals surface area (Å²) in [4.78, 5) is 12.0. The minimum absolute atomic E-state index is 0.00467. The van der Waals surface area contributed by atoms with Gasteiger partial charge in [0.05, 0.1) is 11.4 Å². The number of benzene rings is 1. The third-order valence-corrected chi connectivity index (χ3v) is 4.70. The van der Waals surface area contributed by atoms with E-state index in [4.69, 9.17) is 11.6 Å². The van der Waals surface area contributed by atoms with Crippen molar-refractivity contribution in [2.45, 2.75) is 31.0 Å². The van der Waals surface area contributed by atoms with Gasteiger partial charge in [0, 0.05) is 11.1 Å². The predicted octanol–water partition coefficient (Wildman–Crippen LogP) is 2.32. The Hall–Kier alpha value is -1.60. The minimum Gasteiger partial charge on any atom is -0.353 e. The molecule has 1 fully saturated rings. The molecule has 1 heterocycles. The number of carbonyl (C=O) groups excluding carboxylic acids is 1. The molecule has 1 aliphatic rings. The number of hydrogen-bond acceptors (Lipinski definition) is 5. The molecule has 1 N–H and O–H groups in total. The van der Waals surface area contributed by atoms with E-state index >= 15 is 0 Å². The van der Waals surface area contributed by atoms with Gasteiger partial charge in [0.25, 0.3) is 0 Å². The molecule has 0 spiro atoms. The monoisotopic (exact) mass is 337 g/mol. The molecule has 0 saturated heterocycles. The number of carbonyl (C=O) groups is 1. The average Bonchev–Trinajstić information content (AvgIpc) is 3.24. The molecule has 2 aromatic rings. The van der Waals surface area contributed by atoms with E-state index in [0.29, 0.717) is 16.1 Å². The van der Waals surface area contributed by atoms with Gasteiger partial charge >= 0.3 is 0 Å². The van der Waals surface area contributed by atoms with E-state index in [2.05, 4.69) is 27.8 Å². The van der Waals surface area contributed by atoms with Gasteiger partial charge in [0.15, 0.2) is 0 Å². The number of nitrogens with zero attached hydrogens (tertiary/aromatic N) is 4. The Balaban J connectivity index is 1.61. The van der Waals surface area contributed by atoms with Crippen LogP contribution in [0.3, 0.4) is 0 Å². The Bertz CT molecular complexity index is 673. The highest BCUT2D eigenvalue weighted by molar-refractivity contribution is 7.99. The Morgan fingerprint density at radius 1 is 1.55 bits per heavy atom. The van der Waals surface area contributed by atoms with E-state index in [1.165, 1.54) is 24.6 Å². The van der Waals surface area contributed by atoms with E-state index in [-0.39, 0.29) is 17.7 Å². The first-order chi connectivity index (χ1) is 10.6. The fraction of sp³-hybridized carbons (Fsp3) is 0.429. The number of tetrazole rings is 1. The molecule has 8 heteroatoms. The van der Waals surface area contributed by atoms with Crippen molar-refractivity contribution in [1.29, 1.82) is 0 Å². The van der Waals surface area contributed by atoms with Crippen LogP contribution in [0.5, 0.6) is 0 Å². The van der Waals surface area contributed by atoms with Crippen LogP contribution in [0.1, 0.15) is 19.8 Å². The van der Waals surface area contributed by atoms with Crippen LogP contribution >= 0.6 is 23.4 Å². The zero-order chi connectivity index (χ0) is 15.5. The molecule has 0 unspecified atom stereocenters. The number of aromatic nitrogens is 4. The summed E-state index contributed by atoms with van der Waals surface area (Å²) in [6.45, 7) is 2.05. The summed E-state index contributed by atoms with van der Waals surface area (Å²) < 4.78 is 1.58. The maximum Gasteiger partial charge on any atom is 0.230 e. The molecular weight excluding hydrogens is 322 g/mol. The van der Waals surface area contributed by atoms with Gasteiger partial charge in [0.1, 0.15) is 0 Å². The van der Waals surface area contributed by atoms with Crippen molar-refractivity contribution in [2.75, 3.05) is 5.75 Å². The summed E-state index contributed by atoms with van der Waals surface area (Å²) in [5, 5.41) is 15.8. The molecule has 0 bridgehead atoms. The number of rotatable bonds is 6. The van der Waals surface area contributed by atoms with Gasteiger partial charge in [-0.05, 0) is 54.3 Å². The SMILES string of the molecule is C[C@@H](NC(=O)CSc1nnnn1-c1cccc(Cl)c1)C1CC1. The molecule has 6 nitrogen and oxygen atoms in total. The van der Waals surface area contributed by atoms with Crippen LogP contribution in [0.25, 0.3) is 5.69 Å². The fourth-order valence-corrected chi connectivity index (χ4v) is 3.07. The molecule has 0 radical (unpaired) electrons. The van der Waals surface area contributed by atoms with Crippen LogP contribution in [0.2, 0.25) is 5.02 Å². The first-order valence-corrected chi connectivity index (χ1v) is 8.46. The van der Waals surface area contributed by atoms with Gasteiger partial charge in [-0.25, -0.2) is 0 Å². The second-order valence-electron chi connectivity index (χ2n) is 5.34. The van der Waals surface area contributed by atoms with Gasteiger partial charge in [-0.15, -0.1) is 5.10 Å². The molecule has 1 amide bonds. The topological polar surface area (TPSA) is 72.7 Å². The minimum atomic E-state index is 0.00467. The van der Waals surface area contributed by atoms with Crippen molar-refractivity contribution in [3.8, 4) is 5.69 Å². The number of nitrogens with one attached hydrogen (secondary N) is 1. The molecule has 0 aliphatic heterocycles. The number of amides is 1. The zero-order valence-corrected chi connectivity index (χ0v) is 13.6. The number of halogens is 1. The van der Waals surface area contributed by atoms with Crippen molar-refractivity contribution in [3.63, 3.8) is 0 Å². The average molecular weight is 338 g/mol. The van der Waals surface area contributed by atoms with E-state index in [1.807, 2.05) is 12.1 Å². The summed E-state index contributed by atoms with van der Waals surface area (Å²) in [7, 11) is 0. The molecule has 22 heavy (non-hydrogen) atoms. The molecule has 1 saturated carbocycles. The maximum absolute atomic E-state index is 12.0. The molecule has 3 rings (SSSR count). The summed E-state index contributed by atoms with van der Waals surface area (Å²) in [6.07, 6.45) is 2.42. The summed E-state index contributed by atoms with van der Waals surface area (Å²) in [5.41, 5.74) is 0.770. The Morgan fingerprint density at radius 2 is 2.36 bits per heavy atom. The van der Waals surface area contributed by atoms with Crippen LogP contribution in [0.15, 0.2) is 29.4 Å². The second-order valence-corrected chi connectivity index (χ2v) is 6.71. The van der Waals surface area contributed by atoms with Gasteiger partial charge < -0.3 is 5.32 Å². The largest absolute Gasteiger partial charge is 0.353 e. The van der Waals surface area contributed by atoms with Crippen LogP contribution in [-0.2, 0) is 4.79 Å². The van der Waals surface area contributed by atoms with Crippen LogP contribution in [0, 0.1) is 5.92 Å². The van der Waals surface area contributed by atoms with Crippen molar-refractivity contribution in [2.24, 2.45) is 5.92 Å². The molecule has 1 aromatic carbocycles. The van der Waals surface area contributed by atoms with Crippen molar-refractivity contribution < 1.29 is 4.79 Å². The first kappa shape index (κ1) is 15.3. The normalized spacial score (nSPS) is 15.5. The lowest BCUT2D eigenvalue weighted by Crippen LogP contribution is -2.35. The summed E-state index contributed by atoms with van der Waals surface area (Å²) in [6, 6.07) is 7.50. The van der Waals surface area contributed by atoms with Gasteiger partial charge in [0.2, 0.25) is 11.1 Å². The molecule has 1 aromatic heterocycles. The number of thioether (sulfide) groups is 1. The second kappa shape index (κ2) is 6.66. The van der Waals surface area contributed by atoms with E-state index < -0.39 is 0 Å². The van der Waals surface area contributed by atoms with Crippen molar-refractivity contribution >= 4 is 29.3 Å². The highest BCUT2D eigenvalue weighted by atomic mass is 35.5. The Morgan fingerprint density at radius 3 is 3.09 bits per heavy atom. The number of hydrogen-bond donors (Lipinski definition) is 1. The summed E-state index contributed by atoms with van der Waals surface area (Å²) >= 11 is 7.29. The van der Waals surface area contributed by atoms with Gasteiger partial charge in [-0.2, -0.15) is 4.68 Å². The van der Waals surface area contributed by atoms with Crippen LogP contribution in [0.4, 0.5) is 0 Å². The van der Waals surface area contributed by atoms with E-state index in [0.717, 1.165) is 5.69 Å². The predicted molar refractivity (Wildman–Crippen MR) is 85.2 cm³/mol. The third-order valence-electron chi connectivity index (χ3n) is 3.54. The lowest BCUT2D eigenvalue weighted by atomic mass is 10.2. The quantitative estimate of drug-likeness (QED) is 0.819. The third kappa shape index (κ3) is 3.78. The smallest absolute Gasteiger partial charge is 0.230 e. The molecular formula is C14H16ClN5OS. The van der Waals surface area contributed by atoms with E-state index in [9.17, 15) is 4.79 Å². The first-order valence-electron chi connectivity index (χ1n) is 7.10. The zero-order valence-electron chi connectivity index (χ0n) is 12.1. The van der Waals surface area contributed by atoms with Crippen LogP contribution < -0.4 is 5.32 Å². The van der Waals surface area contributed by atoms with E-state index in [1.54, 1.807) is 16.8 Å². The Labute approximate surface area is 137 Å². The lowest BCUT2D eigenvalue weighted by molar-refractivity contribution is -0.119. The standard InChI is InChI=1S/C14H16ClN5OS/c1-9(10-5-6-10)16-13(21)8-22-14-17-18-19-20(14)12-4-2-3-11(15)7-12/h2-4,7,9-10H,5-6,8H2,1H3,(H,16,21)/t9-/m1/s1. The lowest BCUT2D eigenvalue weighted by Gasteiger charge is -2.12. The van der Waals surface area contributed by atoms with Crippen molar-refractivity contribution in [1.82, 2.24) is 25.5 Å².